The van der Waals surface area contributed by atoms with Crippen LogP contribution in [0.25, 0.3) is 10.9 Å². The van der Waals surface area contributed by atoms with Crippen molar-refractivity contribution in [3.8, 4) is 5.75 Å². The van der Waals surface area contributed by atoms with Gasteiger partial charge < -0.3 is 10.4 Å². The van der Waals surface area contributed by atoms with Crippen LogP contribution in [0.1, 0.15) is 33.0 Å². The van der Waals surface area contributed by atoms with Gasteiger partial charge in [0.05, 0.1) is 5.52 Å². The Balaban J connectivity index is 2.03. The number of hydrogen-bond acceptors (Lipinski definition) is 4. The largest absolute Gasteiger partial charge is 0.508 e. The lowest BCUT2D eigenvalue weighted by Gasteiger charge is -2.19. The van der Waals surface area contributed by atoms with Gasteiger partial charge in [-0.1, -0.05) is 25.3 Å². The summed E-state index contributed by atoms with van der Waals surface area (Å²) in [5, 5.41) is 14.7. The molecule has 4 nitrogen and oxygen atoms in total. The standard InChI is InChI=1S/C20H22ClN3O/c1-3-24(4-2)13-14-11-16(6-8-20(14)25)23-18-9-10-22-19-12-15(21)5-7-17(18)19/h5-12,25H,3-4,13H2,1-2H3,(H,22,23)/i1D3,2D3,3D2,4D2. The first-order valence-corrected chi connectivity index (χ1v) is 7.74. The Hall–Kier alpha value is -2.30. The molecule has 3 rings (SSSR count). The molecule has 0 aliphatic carbocycles. The Morgan fingerprint density at radius 2 is 2.04 bits per heavy atom. The molecule has 0 aliphatic rings. The zero-order valence-electron chi connectivity index (χ0n) is 23.0. The van der Waals surface area contributed by atoms with Gasteiger partial charge in [0, 0.05) is 53.8 Å². The molecule has 0 aliphatic heterocycles. The number of aromatic nitrogens is 1. The van der Waals surface area contributed by atoms with Crippen molar-refractivity contribution in [3.63, 3.8) is 0 Å². The summed E-state index contributed by atoms with van der Waals surface area (Å²) < 4.78 is 77.4. The van der Waals surface area contributed by atoms with Gasteiger partial charge in [0.1, 0.15) is 5.75 Å². The Kier molecular flexibility index (Phi) is 2.74. The second-order valence-electron chi connectivity index (χ2n) is 5.30. The van der Waals surface area contributed by atoms with E-state index in [9.17, 15) is 5.11 Å². The minimum Gasteiger partial charge on any atom is -0.508 e. The number of fused-ring (bicyclic) bond motifs is 1. The first kappa shape index (κ1) is 8.88. The zero-order valence-corrected chi connectivity index (χ0v) is 13.8. The molecule has 0 saturated heterocycles. The van der Waals surface area contributed by atoms with E-state index in [-0.39, 0.29) is 10.5 Å². The van der Waals surface area contributed by atoms with Gasteiger partial charge in [0.25, 0.3) is 0 Å². The summed E-state index contributed by atoms with van der Waals surface area (Å²) in [5.74, 6) is -0.394. The van der Waals surface area contributed by atoms with Gasteiger partial charge in [0.15, 0.2) is 0 Å². The van der Waals surface area contributed by atoms with Gasteiger partial charge in [-0.05, 0) is 55.5 Å². The molecular weight excluding hydrogens is 334 g/mol. The molecule has 0 saturated carbocycles. The number of phenolic OH excluding ortho intramolecular Hbond substituents is 1. The van der Waals surface area contributed by atoms with Crippen LogP contribution in [-0.2, 0) is 6.54 Å². The number of hydrogen-bond donors (Lipinski definition) is 2. The number of anilines is 2. The van der Waals surface area contributed by atoms with Crippen LogP contribution in [-0.4, -0.2) is 28.0 Å². The number of halogens is 1. The van der Waals surface area contributed by atoms with Crippen LogP contribution in [0.3, 0.4) is 0 Å². The molecule has 2 aromatic carbocycles. The fourth-order valence-corrected chi connectivity index (χ4v) is 2.62. The number of benzene rings is 2. The first-order valence-electron chi connectivity index (χ1n) is 12.4. The average molecular weight is 366 g/mol. The Morgan fingerprint density at radius 3 is 2.84 bits per heavy atom. The summed E-state index contributed by atoms with van der Waals surface area (Å²) >= 11 is 6.02. The van der Waals surface area contributed by atoms with Crippen LogP contribution in [0, 0.1) is 0 Å². The molecule has 0 bridgehead atoms. The van der Waals surface area contributed by atoms with Crippen LogP contribution < -0.4 is 5.32 Å². The van der Waals surface area contributed by atoms with E-state index in [1.165, 1.54) is 18.2 Å². The molecule has 130 valence electrons. The van der Waals surface area contributed by atoms with Gasteiger partial charge in [0.2, 0.25) is 0 Å². The van der Waals surface area contributed by atoms with Crippen molar-refractivity contribution in [1.29, 1.82) is 0 Å². The molecule has 1 aromatic heterocycles. The van der Waals surface area contributed by atoms with Crippen LogP contribution in [0.15, 0.2) is 48.7 Å². The van der Waals surface area contributed by atoms with E-state index in [4.69, 9.17) is 25.3 Å². The minimum atomic E-state index is -3.38. The first-order chi connectivity index (χ1) is 15.9. The normalized spacial score (nSPS) is 19.3. The third kappa shape index (κ3) is 4.03. The monoisotopic (exact) mass is 365 g/mol. The highest BCUT2D eigenvalue weighted by Crippen LogP contribution is 2.29. The van der Waals surface area contributed by atoms with Gasteiger partial charge in [-0.2, -0.15) is 0 Å². The number of nitrogens with zero attached hydrogens (tertiary/aromatic N) is 2. The van der Waals surface area contributed by atoms with Crippen LogP contribution in [0.2, 0.25) is 5.02 Å². The minimum absolute atomic E-state index is 0.0855. The van der Waals surface area contributed by atoms with Crippen LogP contribution in [0.5, 0.6) is 5.75 Å². The third-order valence-corrected chi connectivity index (χ3v) is 3.90. The second-order valence-corrected chi connectivity index (χ2v) is 5.73. The average Bonchev–Trinajstić information content (AvgIpc) is 2.72. The smallest absolute Gasteiger partial charge is 0.120 e. The summed E-state index contributed by atoms with van der Waals surface area (Å²) in [7, 11) is 0. The van der Waals surface area contributed by atoms with E-state index in [1.54, 1.807) is 30.5 Å². The van der Waals surface area contributed by atoms with E-state index in [0.29, 0.717) is 21.9 Å². The Bertz CT molecular complexity index is 1200. The molecule has 0 radical (unpaired) electrons. The maximum absolute atomic E-state index is 10.4. The molecule has 25 heavy (non-hydrogen) atoms. The van der Waals surface area contributed by atoms with Gasteiger partial charge in [-0.15, -0.1) is 0 Å². The lowest BCUT2D eigenvalue weighted by atomic mass is 10.1. The summed E-state index contributed by atoms with van der Waals surface area (Å²) in [6, 6.07) is 10.9. The summed E-state index contributed by atoms with van der Waals surface area (Å²) in [6.07, 6.45) is 1.56. The van der Waals surface area contributed by atoms with Crippen LogP contribution in [0.4, 0.5) is 11.4 Å². The SMILES string of the molecule is [2H]C([2H])([2H])C([2H])([2H])N(Cc1cc(Nc2ccnc3cc(Cl)ccc23)ccc1O)C([2H])([2H])C([2H])([2H])[2H]. The number of phenols is 1. The molecule has 5 heteroatoms. The molecule has 0 atom stereocenters. The fraction of sp³-hybridized carbons (Fsp3) is 0.250. The molecule has 3 aromatic rings. The van der Waals surface area contributed by atoms with Crippen molar-refractivity contribution in [3.05, 3.63) is 59.2 Å². The fourth-order valence-electron chi connectivity index (χ4n) is 2.45. The van der Waals surface area contributed by atoms with Gasteiger partial charge in [-0.3, -0.25) is 9.88 Å². The second kappa shape index (κ2) is 7.72. The van der Waals surface area contributed by atoms with Crippen molar-refractivity contribution in [1.82, 2.24) is 9.88 Å². The van der Waals surface area contributed by atoms with E-state index < -0.39 is 39.0 Å². The van der Waals surface area contributed by atoms with Crippen molar-refractivity contribution in [2.45, 2.75) is 20.2 Å². The molecular formula is C20H22ClN3O. The molecule has 1 heterocycles. The highest BCUT2D eigenvalue weighted by Gasteiger charge is 2.09. The van der Waals surface area contributed by atoms with Crippen molar-refractivity contribution < 1.29 is 18.8 Å². The third-order valence-electron chi connectivity index (χ3n) is 3.66. The van der Waals surface area contributed by atoms with E-state index in [1.807, 2.05) is 0 Å². The molecule has 2 N–H and O–H groups in total. The lowest BCUT2D eigenvalue weighted by molar-refractivity contribution is 0.291. The Morgan fingerprint density at radius 1 is 1.20 bits per heavy atom. The summed E-state index contributed by atoms with van der Waals surface area (Å²) in [6.45, 7) is -14.4. The van der Waals surface area contributed by atoms with E-state index >= 15 is 0 Å². The van der Waals surface area contributed by atoms with Crippen molar-refractivity contribution in [2.24, 2.45) is 0 Å². The molecule has 0 spiro atoms. The van der Waals surface area contributed by atoms with E-state index in [2.05, 4.69) is 10.3 Å². The summed E-state index contributed by atoms with van der Waals surface area (Å²) in [5.41, 5.74) is 1.54. The molecule has 0 unspecified atom stereocenters. The molecule has 0 fully saturated rings. The maximum atomic E-state index is 10.4. The lowest BCUT2D eigenvalue weighted by Crippen LogP contribution is -2.22. The Labute approximate surface area is 167 Å². The van der Waals surface area contributed by atoms with E-state index in [0.717, 1.165) is 5.39 Å². The number of pyridine rings is 1. The number of aromatic hydroxyl groups is 1. The zero-order chi connectivity index (χ0) is 26.4. The summed E-state index contributed by atoms with van der Waals surface area (Å²) in [4.78, 5) is 4.35. The predicted molar refractivity (Wildman–Crippen MR) is 105 cm³/mol. The molecule has 0 amide bonds. The maximum Gasteiger partial charge on any atom is 0.120 e. The topological polar surface area (TPSA) is 48.4 Å². The van der Waals surface area contributed by atoms with Crippen molar-refractivity contribution >= 4 is 33.9 Å². The predicted octanol–water partition coefficient (Wildman–Crippen LogP) is 5.18. The van der Waals surface area contributed by atoms with Gasteiger partial charge in [-0.25, -0.2) is 0 Å². The van der Waals surface area contributed by atoms with Crippen molar-refractivity contribution in [2.75, 3.05) is 18.3 Å². The van der Waals surface area contributed by atoms with Gasteiger partial charge >= 0.3 is 0 Å². The number of nitrogens with one attached hydrogen (secondary N) is 1. The quantitative estimate of drug-likeness (QED) is 0.591. The number of rotatable bonds is 6. The highest BCUT2D eigenvalue weighted by molar-refractivity contribution is 6.31. The highest BCUT2D eigenvalue weighted by atomic mass is 35.5. The van der Waals surface area contributed by atoms with Crippen LogP contribution >= 0.6 is 11.6 Å².